The minimum Gasteiger partial charge on any atom is -0.379 e. The Balaban J connectivity index is 1.50. The largest absolute Gasteiger partial charge is 0.379 e. The molecule has 5 heteroatoms. The molecule has 3 heterocycles. The molecule has 118 valence electrons. The van der Waals surface area contributed by atoms with Gasteiger partial charge in [0.05, 0.1) is 13.2 Å². The first kappa shape index (κ1) is 14.2. The van der Waals surface area contributed by atoms with Crippen molar-refractivity contribution in [3.8, 4) is 0 Å². The van der Waals surface area contributed by atoms with Gasteiger partial charge in [-0.2, -0.15) is 0 Å². The van der Waals surface area contributed by atoms with Crippen LogP contribution < -0.4 is 4.90 Å². The van der Waals surface area contributed by atoms with Crippen molar-refractivity contribution >= 4 is 16.7 Å². The quantitative estimate of drug-likeness (QED) is 0.808. The van der Waals surface area contributed by atoms with Crippen LogP contribution in [0.15, 0.2) is 49.1 Å². The zero-order valence-electron chi connectivity index (χ0n) is 13.0. The van der Waals surface area contributed by atoms with Crippen LogP contribution in [0, 0.1) is 5.92 Å². The number of benzene rings is 1. The van der Waals surface area contributed by atoms with E-state index in [1.165, 1.54) is 16.5 Å². The summed E-state index contributed by atoms with van der Waals surface area (Å²) in [5.41, 5.74) is 2.55. The lowest BCUT2D eigenvalue weighted by Gasteiger charge is -2.24. The zero-order valence-corrected chi connectivity index (χ0v) is 13.0. The molecule has 5 nitrogen and oxygen atoms in total. The van der Waals surface area contributed by atoms with Crippen LogP contribution in [-0.2, 0) is 11.2 Å². The summed E-state index contributed by atoms with van der Waals surface area (Å²) < 4.78 is 5.81. The van der Waals surface area contributed by atoms with Crippen molar-refractivity contribution in [3.05, 3.63) is 54.6 Å². The fourth-order valence-electron chi connectivity index (χ4n) is 3.25. The molecule has 4 rings (SSSR count). The summed E-state index contributed by atoms with van der Waals surface area (Å²) in [4.78, 5) is 13.9. The smallest absolute Gasteiger partial charge is 0.131 e. The Labute approximate surface area is 135 Å². The second kappa shape index (κ2) is 6.38. The topological polar surface area (TPSA) is 54.0 Å². The van der Waals surface area contributed by atoms with E-state index in [-0.39, 0.29) is 0 Å². The minimum atomic E-state index is 0.462. The summed E-state index contributed by atoms with van der Waals surface area (Å²) in [6.45, 7) is 3.39. The average Bonchev–Trinajstić information content (AvgIpc) is 2.93. The van der Waals surface area contributed by atoms with Gasteiger partial charge in [-0.05, 0) is 41.6 Å². The van der Waals surface area contributed by atoms with Crippen molar-refractivity contribution in [2.24, 2.45) is 5.92 Å². The highest BCUT2D eigenvalue weighted by molar-refractivity contribution is 5.79. The fourth-order valence-corrected chi connectivity index (χ4v) is 3.25. The maximum absolute atomic E-state index is 5.81. The number of aromatic nitrogens is 3. The van der Waals surface area contributed by atoms with Gasteiger partial charge in [-0.15, -0.1) is 0 Å². The monoisotopic (exact) mass is 308 g/mol. The van der Waals surface area contributed by atoms with E-state index in [2.05, 4.69) is 44.1 Å². The number of anilines is 1. The Morgan fingerprint density at radius 3 is 3.17 bits per heavy atom. The van der Waals surface area contributed by atoms with Crippen LogP contribution in [0.5, 0.6) is 0 Å². The molecule has 1 atom stereocenters. The molecule has 3 aromatic rings. The molecule has 0 radical (unpaired) electrons. The van der Waals surface area contributed by atoms with Gasteiger partial charge >= 0.3 is 0 Å². The fraction of sp³-hybridized carbons (Fsp3) is 0.333. The van der Waals surface area contributed by atoms with Gasteiger partial charge in [-0.25, -0.2) is 9.97 Å². The van der Waals surface area contributed by atoms with Crippen molar-refractivity contribution in [3.63, 3.8) is 0 Å². The molecule has 1 aliphatic rings. The van der Waals surface area contributed by atoms with Gasteiger partial charge in [-0.3, -0.25) is 0 Å². The Morgan fingerprint density at radius 2 is 2.26 bits per heavy atom. The van der Waals surface area contributed by atoms with Gasteiger partial charge in [0.1, 0.15) is 12.1 Å². The molecular formula is C18H20N4O. The van der Waals surface area contributed by atoms with E-state index in [0.29, 0.717) is 5.92 Å². The third-order valence-corrected chi connectivity index (χ3v) is 4.37. The highest BCUT2D eigenvalue weighted by Gasteiger charge is 2.20. The first-order valence-corrected chi connectivity index (χ1v) is 8.03. The van der Waals surface area contributed by atoms with Crippen molar-refractivity contribution in [2.45, 2.75) is 6.42 Å². The summed E-state index contributed by atoms with van der Waals surface area (Å²) in [6.07, 6.45) is 6.40. The van der Waals surface area contributed by atoms with Crippen molar-refractivity contribution in [1.29, 1.82) is 0 Å². The maximum atomic E-state index is 5.81. The molecule has 1 aromatic carbocycles. The van der Waals surface area contributed by atoms with Gasteiger partial charge in [0.15, 0.2) is 0 Å². The van der Waals surface area contributed by atoms with E-state index < -0.39 is 0 Å². The summed E-state index contributed by atoms with van der Waals surface area (Å²) in [5, 5.41) is 1.27. The van der Waals surface area contributed by atoms with E-state index >= 15 is 0 Å². The van der Waals surface area contributed by atoms with Crippen LogP contribution in [0.4, 0.5) is 5.82 Å². The zero-order chi connectivity index (χ0) is 15.5. The Bertz CT molecular complexity index is 771. The van der Waals surface area contributed by atoms with Crippen LogP contribution >= 0.6 is 0 Å². The predicted molar refractivity (Wildman–Crippen MR) is 90.6 cm³/mol. The van der Waals surface area contributed by atoms with Gasteiger partial charge in [-0.1, -0.05) is 6.07 Å². The molecule has 2 aromatic heterocycles. The van der Waals surface area contributed by atoms with E-state index in [1.54, 1.807) is 12.5 Å². The lowest BCUT2D eigenvalue weighted by atomic mass is 9.98. The number of H-pyrrole nitrogens is 1. The third-order valence-electron chi connectivity index (χ3n) is 4.37. The predicted octanol–water partition coefficient (Wildman–Crippen LogP) is 2.65. The first-order chi connectivity index (χ1) is 11.4. The van der Waals surface area contributed by atoms with Crippen LogP contribution in [0.1, 0.15) is 5.56 Å². The number of aromatic amines is 1. The number of nitrogens with zero attached hydrogens (tertiary/aromatic N) is 3. The SMILES string of the molecule is c1cc(N2CCOC[C@@H](Cc3ccc4[nH]ccc4c3)C2)ncn1. The van der Waals surface area contributed by atoms with Crippen LogP contribution in [0.25, 0.3) is 10.9 Å². The van der Waals surface area contributed by atoms with E-state index in [1.807, 2.05) is 12.3 Å². The molecule has 1 aliphatic heterocycles. The first-order valence-electron chi connectivity index (χ1n) is 8.03. The maximum Gasteiger partial charge on any atom is 0.131 e. The number of fused-ring (bicyclic) bond motifs is 1. The van der Waals surface area contributed by atoms with Crippen LogP contribution in [-0.4, -0.2) is 41.3 Å². The van der Waals surface area contributed by atoms with E-state index in [4.69, 9.17) is 4.74 Å². The van der Waals surface area contributed by atoms with E-state index in [0.717, 1.165) is 38.5 Å². The molecule has 0 saturated carbocycles. The molecule has 0 bridgehead atoms. The van der Waals surface area contributed by atoms with Gasteiger partial charge in [0.2, 0.25) is 0 Å². The summed E-state index contributed by atoms with van der Waals surface area (Å²) in [5.74, 6) is 1.44. The summed E-state index contributed by atoms with van der Waals surface area (Å²) in [6, 6.07) is 10.7. The molecule has 1 saturated heterocycles. The number of hydrogen-bond acceptors (Lipinski definition) is 4. The Hall–Kier alpha value is -2.40. The molecule has 0 unspecified atom stereocenters. The van der Waals surface area contributed by atoms with Crippen LogP contribution in [0.3, 0.4) is 0 Å². The van der Waals surface area contributed by atoms with E-state index in [9.17, 15) is 0 Å². The number of ether oxygens (including phenoxy) is 1. The van der Waals surface area contributed by atoms with Crippen molar-refractivity contribution in [2.75, 3.05) is 31.2 Å². The van der Waals surface area contributed by atoms with Gasteiger partial charge in [0, 0.05) is 36.9 Å². The Kier molecular flexibility index (Phi) is 3.94. The highest BCUT2D eigenvalue weighted by Crippen LogP contribution is 2.20. The minimum absolute atomic E-state index is 0.462. The van der Waals surface area contributed by atoms with Crippen molar-refractivity contribution < 1.29 is 4.74 Å². The number of nitrogens with one attached hydrogen (secondary N) is 1. The second-order valence-corrected chi connectivity index (χ2v) is 6.06. The molecule has 1 N–H and O–H groups in total. The Morgan fingerprint density at radius 1 is 1.26 bits per heavy atom. The lowest BCUT2D eigenvalue weighted by molar-refractivity contribution is 0.123. The standard InChI is InChI=1S/C18H20N4O/c1-2-17-16(3-6-20-17)10-14(1)9-15-11-22(7-8-23-12-15)18-4-5-19-13-21-18/h1-6,10,13,15,20H,7-9,11-12H2/t15-/m0/s1. The second-order valence-electron chi connectivity index (χ2n) is 6.06. The molecule has 0 aliphatic carbocycles. The molecule has 1 fully saturated rings. The van der Waals surface area contributed by atoms with Gasteiger partial charge in [0.25, 0.3) is 0 Å². The molecule has 0 spiro atoms. The van der Waals surface area contributed by atoms with Crippen molar-refractivity contribution in [1.82, 2.24) is 15.0 Å². The molecular weight excluding hydrogens is 288 g/mol. The summed E-state index contributed by atoms with van der Waals surface area (Å²) >= 11 is 0. The van der Waals surface area contributed by atoms with Crippen LogP contribution in [0.2, 0.25) is 0 Å². The third kappa shape index (κ3) is 3.19. The highest BCUT2D eigenvalue weighted by atomic mass is 16.5. The average molecular weight is 308 g/mol. The normalized spacial score (nSPS) is 19.0. The molecule has 23 heavy (non-hydrogen) atoms. The summed E-state index contributed by atoms with van der Waals surface area (Å²) in [7, 11) is 0. The van der Waals surface area contributed by atoms with Gasteiger partial charge < -0.3 is 14.6 Å². The lowest BCUT2D eigenvalue weighted by Crippen LogP contribution is -2.31. The number of hydrogen-bond donors (Lipinski definition) is 1. The number of rotatable bonds is 3. The molecule has 0 amide bonds.